The van der Waals surface area contributed by atoms with Crippen molar-refractivity contribution in [3.05, 3.63) is 65.2 Å². The summed E-state index contributed by atoms with van der Waals surface area (Å²) in [5, 5.41) is 9.44. The number of benzene rings is 2. The summed E-state index contributed by atoms with van der Waals surface area (Å²) in [5.41, 5.74) is 4.19. The van der Waals surface area contributed by atoms with Crippen molar-refractivity contribution < 1.29 is 5.11 Å². The molecule has 1 heteroatoms. The second kappa shape index (κ2) is 8.19. The van der Waals surface area contributed by atoms with E-state index in [-0.39, 0.29) is 0 Å². The van der Waals surface area contributed by atoms with E-state index in [1.54, 1.807) is 12.1 Å². The van der Waals surface area contributed by atoms with Crippen molar-refractivity contribution in [1.29, 1.82) is 0 Å². The summed E-state index contributed by atoms with van der Waals surface area (Å²) in [5.74, 6) is 2.06. The van der Waals surface area contributed by atoms with Gasteiger partial charge in [-0.3, -0.25) is 0 Å². The van der Waals surface area contributed by atoms with Crippen LogP contribution in [0.2, 0.25) is 0 Å². The van der Waals surface area contributed by atoms with E-state index in [2.05, 4.69) is 52.0 Å². The van der Waals surface area contributed by atoms with Gasteiger partial charge in [-0.2, -0.15) is 0 Å². The molecule has 1 nitrogen and oxygen atoms in total. The summed E-state index contributed by atoms with van der Waals surface area (Å²) in [7, 11) is 0. The highest BCUT2D eigenvalue weighted by molar-refractivity contribution is 5.30. The first-order chi connectivity index (χ1) is 11.0. The molecule has 23 heavy (non-hydrogen) atoms. The van der Waals surface area contributed by atoms with Crippen LogP contribution in [-0.2, 0) is 0 Å². The van der Waals surface area contributed by atoms with Crippen LogP contribution in [0.15, 0.2) is 48.5 Å². The fraction of sp³-hybridized carbons (Fsp3) is 0.455. The molecule has 2 aromatic rings. The van der Waals surface area contributed by atoms with Crippen LogP contribution in [0.3, 0.4) is 0 Å². The molecular weight excluding hydrogens is 280 g/mol. The summed E-state index contributed by atoms with van der Waals surface area (Å²) in [4.78, 5) is 0. The van der Waals surface area contributed by atoms with Crippen LogP contribution in [0.1, 0.15) is 81.4 Å². The molecule has 0 aliphatic carbocycles. The number of aromatic hydroxyl groups is 1. The molecule has 0 aliphatic rings. The highest BCUT2D eigenvalue weighted by Gasteiger charge is 2.15. The van der Waals surface area contributed by atoms with Gasteiger partial charge in [-0.25, -0.2) is 0 Å². The van der Waals surface area contributed by atoms with E-state index in [0.29, 0.717) is 23.5 Å². The van der Waals surface area contributed by atoms with Crippen molar-refractivity contribution in [2.45, 2.75) is 64.7 Å². The Kier molecular flexibility index (Phi) is 6.27. The Morgan fingerprint density at radius 1 is 0.696 bits per heavy atom. The van der Waals surface area contributed by atoms with Gasteiger partial charge in [-0.1, -0.05) is 64.1 Å². The monoisotopic (exact) mass is 310 g/mol. The SMILES string of the molecule is CCC(C)c1ccc(C(CC)CC(C)c2ccc(O)cc2)cc1. The molecule has 0 aromatic heterocycles. The lowest BCUT2D eigenvalue weighted by molar-refractivity contribution is 0.474. The maximum atomic E-state index is 9.44. The maximum Gasteiger partial charge on any atom is 0.115 e. The molecule has 2 aromatic carbocycles. The lowest BCUT2D eigenvalue weighted by Gasteiger charge is -2.21. The van der Waals surface area contributed by atoms with E-state index in [9.17, 15) is 5.11 Å². The van der Waals surface area contributed by atoms with E-state index in [0.717, 1.165) is 12.8 Å². The quantitative estimate of drug-likeness (QED) is 0.611. The molecule has 1 N–H and O–H groups in total. The van der Waals surface area contributed by atoms with E-state index >= 15 is 0 Å². The fourth-order valence-electron chi connectivity index (χ4n) is 3.24. The minimum Gasteiger partial charge on any atom is -0.508 e. The predicted octanol–water partition coefficient (Wildman–Crippen LogP) is 6.59. The molecule has 2 rings (SSSR count). The first-order valence-electron chi connectivity index (χ1n) is 8.93. The first-order valence-corrected chi connectivity index (χ1v) is 8.93. The molecule has 0 saturated heterocycles. The summed E-state index contributed by atoms with van der Waals surface area (Å²) in [6.07, 6.45) is 3.49. The fourth-order valence-corrected chi connectivity index (χ4v) is 3.24. The summed E-state index contributed by atoms with van der Waals surface area (Å²) < 4.78 is 0. The minimum atomic E-state index is 0.341. The van der Waals surface area contributed by atoms with Gasteiger partial charge in [0, 0.05) is 0 Å². The number of rotatable bonds is 7. The van der Waals surface area contributed by atoms with Crippen LogP contribution in [0, 0.1) is 0 Å². The lowest BCUT2D eigenvalue weighted by atomic mass is 9.84. The highest BCUT2D eigenvalue weighted by Crippen LogP contribution is 2.33. The molecule has 0 saturated carbocycles. The highest BCUT2D eigenvalue weighted by atomic mass is 16.3. The topological polar surface area (TPSA) is 20.2 Å². The van der Waals surface area contributed by atoms with Gasteiger partial charge in [-0.05, 0) is 65.8 Å². The van der Waals surface area contributed by atoms with Crippen LogP contribution in [-0.4, -0.2) is 5.11 Å². The maximum absolute atomic E-state index is 9.44. The van der Waals surface area contributed by atoms with Crippen LogP contribution in [0.4, 0.5) is 0 Å². The Morgan fingerprint density at radius 3 is 1.70 bits per heavy atom. The van der Waals surface area contributed by atoms with Gasteiger partial charge >= 0.3 is 0 Å². The molecule has 0 heterocycles. The first kappa shape index (κ1) is 17.6. The van der Waals surface area contributed by atoms with Crippen molar-refractivity contribution in [2.75, 3.05) is 0 Å². The number of hydrogen-bond acceptors (Lipinski definition) is 1. The van der Waals surface area contributed by atoms with E-state index in [1.807, 2.05) is 12.1 Å². The number of phenols is 1. The van der Waals surface area contributed by atoms with Gasteiger partial charge in [0.05, 0.1) is 0 Å². The average Bonchev–Trinajstić information content (AvgIpc) is 2.59. The van der Waals surface area contributed by atoms with Gasteiger partial charge < -0.3 is 5.11 Å². The molecule has 0 fully saturated rings. The lowest BCUT2D eigenvalue weighted by Crippen LogP contribution is -2.04. The van der Waals surface area contributed by atoms with Gasteiger partial charge in [0.15, 0.2) is 0 Å². The van der Waals surface area contributed by atoms with Crippen molar-refractivity contribution in [3.8, 4) is 5.75 Å². The van der Waals surface area contributed by atoms with Crippen LogP contribution >= 0.6 is 0 Å². The number of hydrogen-bond donors (Lipinski definition) is 1. The molecule has 124 valence electrons. The molecular formula is C22H30O. The van der Waals surface area contributed by atoms with Crippen molar-refractivity contribution >= 4 is 0 Å². The van der Waals surface area contributed by atoms with E-state index < -0.39 is 0 Å². The van der Waals surface area contributed by atoms with Crippen LogP contribution < -0.4 is 0 Å². The summed E-state index contributed by atoms with van der Waals surface area (Å²) >= 11 is 0. The third-order valence-corrected chi connectivity index (χ3v) is 5.18. The molecule has 0 bridgehead atoms. The van der Waals surface area contributed by atoms with Crippen molar-refractivity contribution in [2.24, 2.45) is 0 Å². The Hall–Kier alpha value is -1.76. The van der Waals surface area contributed by atoms with Gasteiger partial charge in [0.2, 0.25) is 0 Å². The Morgan fingerprint density at radius 2 is 1.17 bits per heavy atom. The average molecular weight is 310 g/mol. The smallest absolute Gasteiger partial charge is 0.115 e. The molecule has 0 aliphatic heterocycles. The normalized spacial score (nSPS) is 15.1. The Bertz CT molecular complexity index is 582. The van der Waals surface area contributed by atoms with Crippen LogP contribution in [0.5, 0.6) is 5.75 Å². The molecule has 0 radical (unpaired) electrons. The third kappa shape index (κ3) is 4.60. The molecule has 3 atom stereocenters. The van der Waals surface area contributed by atoms with Gasteiger partial charge in [-0.15, -0.1) is 0 Å². The minimum absolute atomic E-state index is 0.341. The largest absolute Gasteiger partial charge is 0.508 e. The number of phenolic OH excluding ortho intramolecular Hbond substituents is 1. The van der Waals surface area contributed by atoms with Crippen molar-refractivity contribution in [3.63, 3.8) is 0 Å². The second-order valence-electron chi connectivity index (χ2n) is 6.81. The molecule has 0 amide bonds. The molecule has 0 spiro atoms. The summed E-state index contributed by atoms with van der Waals surface area (Å²) in [6.45, 7) is 9.09. The Balaban J connectivity index is 2.08. The predicted molar refractivity (Wildman–Crippen MR) is 99.3 cm³/mol. The zero-order valence-electron chi connectivity index (χ0n) is 14.9. The summed E-state index contributed by atoms with van der Waals surface area (Å²) in [6, 6.07) is 16.9. The molecule has 3 unspecified atom stereocenters. The van der Waals surface area contributed by atoms with Crippen molar-refractivity contribution in [1.82, 2.24) is 0 Å². The van der Waals surface area contributed by atoms with Gasteiger partial charge in [0.1, 0.15) is 5.75 Å². The third-order valence-electron chi connectivity index (χ3n) is 5.18. The standard InChI is InChI=1S/C22H30O/c1-5-16(3)19-7-9-21(10-8-19)18(6-2)15-17(4)20-11-13-22(23)14-12-20/h7-14,16-18,23H,5-6,15H2,1-4H3. The zero-order chi connectivity index (χ0) is 16.8. The Labute approximate surface area is 141 Å². The second-order valence-corrected chi connectivity index (χ2v) is 6.81. The van der Waals surface area contributed by atoms with E-state index in [4.69, 9.17) is 0 Å². The van der Waals surface area contributed by atoms with Gasteiger partial charge in [0.25, 0.3) is 0 Å². The zero-order valence-corrected chi connectivity index (χ0v) is 14.9. The van der Waals surface area contributed by atoms with Crippen LogP contribution in [0.25, 0.3) is 0 Å². The van der Waals surface area contributed by atoms with E-state index in [1.165, 1.54) is 23.1 Å².